The van der Waals surface area contributed by atoms with E-state index in [4.69, 9.17) is 4.42 Å². The van der Waals surface area contributed by atoms with Crippen LogP contribution >= 0.6 is 0 Å². The zero-order valence-electron chi connectivity index (χ0n) is 15.6. The van der Waals surface area contributed by atoms with E-state index in [-0.39, 0.29) is 27.0 Å². The summed E-state index contributed by atoms with van der Waals surface area (Å²) in [5.41, 5.74) is 1.72. The minimum Gasteiger partial charge on any atom is -0.611 e. The first-order valence-electron chi connectivity index (χ1n) is 8.94. The first-order valence-corrected chi connectivity index (χ1v) is 11.7. The molecule has 150 valence electrons. The van der Waals surface area contributed by atoms with Crippen molar-refractivity contribution in [2.45, 2.75) is 15.7 Å². The standard InChI is InChI=1S/C22H16N2O4S2/c23-14-17-10-11-19(21(12-17)29(25)15-16-6-2-1-3-7-16)24-30(26,27)22-13-18-8-4-5-9-20(18)28-22/h1-13,24H,15H2. The van der Waals surface area contributed by atoms with Crippen LogP contribution in [0.4, 0.5) is 5.69 Å². The molecule has 1 aromatic heterocycles. The molecule has 0 aliphatic carbocycles. The normalized spacial score (nSPS) is 12.4. The fourth-order valence-electron chi connectivity index (χ4n) is 2.95. The van der Waals surface area contributed by atoms with Gasteiger partial charge in [-0.15, -0.1) is 0 Å². The first kappa shape index (κ1) is 20.0. The monoisotopic (exact) mass is 436 g/mol. The predicted octanol–water partition coefficient (Wildman–Crippen LogP) is 4.41. The van der Waals surface area contributed by atoms with Gasteiger partial charge < -0.3 is 8.97 Å². The molecule has 1 N–H and O–H groups in total. The Bertz CT molecular complexity index is 1310. The Morgan fingerprint density at radius 2 is 1.73 bits per heavy atom. The SMILES string of the molecule is N#Cc1ccc(NS(=O)(=O)c2cc3ccccc3o2)c([S+]([O-])Cc2ccccc2)c1. The number of hydrogen-bond donors (Lipinski definition) is 1. The number of para-hydroxylation sites is 1. The van der Waals surface area contributed by atoms with Crippen molar-refractivity contribution in [3.8, 4) is 6.07 Å². The van der Waals surface area contributed by atoms with Crippen molar-refractivity contribution >= 4 is 37.9 Å². The minimum absolute atomic E-state index is 0.142. The Balaban J connectivity index is 1.68. The Kier molecular flexibility index (Phi) is 5.50. The molecule has 0 amide bonds. The summed E-state index contributed by atoms with van der Waals surface area (Å²) in [6, 6.07) is 23.9. The van der Waals surface area contributed by atoms with Gasteiger partial charge in [0.05, 0.1) is 11.6 Å². The fraction of sp³-hybridized carbons (Fsp3) is 0.0455. The number of nitrogens with one attached hydrogen (secondary N) is 1. The molecular formula is C22H16N2O4S2. The molecule has 4 aromatic rings. The molecular weight excluding hydrogens is 420 g/mol. The Morgan fingerprint density at radius 3 is 2.47 bits per heavy atom. The summed E-state index contributed by atoms with van der Waals surface area (Å²) in [6.07, 6.45) is 0. The van der Waals surface area contributed by atoms with Crippen LogP contribution in [-0.2, 0) is 27.0 Å². The number of hydrogen-bond acceptors (Lipinski definition) is 5. The van der Waals surface area contributed by atoms with E-state index >= 15 is 0 Å². The molecule has 0 aliphatic rings. The average molecular weight is 437 g/mol. The van der Waals surface area contributed by atoms with Gasteiger partial charge in [-0.1, -0.05) is 48.5 Å². The van der Waals surface area contributed by atoms with Gasteiger partial charge in [0, 0.05) is 23.1 Å². The van der Waals surface area contributed by atoms with Gasteiger partial charge in [-0.25, -0.2) is 0 Å². The molecule has 1 atom stereocenters. The van der Waals surface area contributed by atoms with E-state index < -0.39 is 21.2 Å². The topological polar surface area (TPSA) is 106 Å². The van der Waals surface area contributed by atoms with E-state index in [2.05, 4.69) is 4.72 Å². The Morgan fingerprint density at radius 1 is 1.00 bits per heavy atom. The molecule has 8 heteroatoms. The van der Waals surface area contributed by atoms with Crippen molar-refractivity contribution in [1.29, 1.82) is 5.26 Å². The summed E-state index contributed by atoms with van der Waals surface area (Å²) in [7, 11) is -4.06. The quantitative estimate of drug-likeness (QED) is 0.451. The maximum absolute atomic E-state index is 13.0. The lowest BCUT2D eigenvalue weighted by molar-refractivity contribution is 0.484. The lowest BCUT2D eigenvalue weighted by Crippen LogP contribution is -2.16. The number of nitrogens with zero attached hydrogens (tertiary/aromatic N) is 1. The van der Waals surface area contributed by atoms with E-state index in [0.29, 0.717) is 11.0 Å². The minimum atomic E-state index is -4.06. The zero-order valence-corrected chi connectivity index (χ0v) is 17.2. The van der Waals surface area contributed by atoms with Crippen LogP contribution in [0.2, 0.25) is 0 Å². The van der Waals surface area contributed by atoms with Crippen LogP contribution in [0.3, 0.4) is 0 Å². The van der Waals surface area contributed by atoms with Gasteiger partial charge in [0.25, 0.3) is 10.0 Å². The van der Waals surface area contributed by atoms with Crippen molar-refractivity contribution in [3.63, 3.8) is 0 Å². The highest BCUT2D eigenvalue weighted by atomic mass is 32.2. The van der Waals surface area contributed by atoms with Crippen molar-refractivity contribution in [2.75, 3.05) is 4.72 Å². The molecule has 0 radical (unpaired) electrons. The number of benzene rings is 3. The van der Waals surface area contributed by atoms with Gasteiger partial charge in [-0.3, -0.25) is 4.72 Å². The van der Waals surface area contributed by atoms with Crippen molar-refractivity contribution in [3.05, 3.63) is 90.0 Å². The molecule has 3 aromatic carbocycles. The Labute approximate surface area is 177 Å². The third-order valence-corrected chi connectivity index (χ3v) is 7.05. The number of rotatable bonds is 6. The molecule has 0 saturated heterocycles. The fourth-order valence-corrected chi connectivity index (χ4v) is 5.34. The number of nitriles is 1. The van der Waals surface area contributed by atoms with Crippen LogP contribution in [0.15, 0.2) is 93.3 Å². The number of fused-ring (bicyclic) bond motifs is 1. The van der Waals surface area contributed by atoms with Gasteiger partial charge in [-0.2, -0.15) is 13.7 Å². The molecule has 0 aliphatic heterocycles. The highest BCUT2D eigenvalue weighted by molar-refractivity contribution is 7.93. The summed E-state index contributed by atoms with van der Waals surface area (Å²) >= 11 is -1.57. The molecule has 0 fully saturated rings. The van der Waals surface area contributed by atoms with Crippen LogP contribution < -0.4 is 4.72 Å². The number of sulfonamides is 1. The summed E-state index contributed by atoms with van der Waals surface area (Å²) < 4.78 is 46.7. The first-order chi connectivity index (χ1) is 14.5. The third-order valence-electron chi connectivity index (χ3n) is 4.41. The highest BCUT2D eigenvalue weighted by Crippen LogP contribution is 2.30. The maximum atomic E-state index is 13.0. The third kappa shape index (κ3) is 4.19. The summed E-state index contributed by atoms with van der Waals surface area (Å²) in [5, 5.41) is 9.63. The van der Waals surface area contributed by atoms with E-state index in [9.17, 15) is 18.2 Å². The second kappa shape index (κ2) is 8.24. The van der Waals surface area contributed by atoms with Crippen LogP contribution in [0.1, 0.15) is 11.1 Å². The predicted molar refractivity (Wildman–Crippen MR) is 115 cm³/mol. The van der Waals surface area contributed by atoms with E-state index in [1.54, 1.807) is 24.3 Å². The highest BCUT2D eigenvalue weighted by Gasteiger charge is 2.25. The van der Waals surface area contributed by atoms with Crippen LogP contribution in [0, 0.1) is 11.3 Å². The molecule has 4 rings (SSSR count). The molecule has 30 heavy (non-hydrogen) atoms. The van der Waals surface area contributed by atoms with Gasteiger partial charge in [0.2, 0.25) is 5.09 Å². The lowest BCUT2D eigenvalue weighted by Gasteiger charge is -2.15. The zero-order chi connectivity index (χ0) is 21.1. The van der Waals surface area contributed by atoms with Crippen LogP contribution in [0.25, 0.3) is 11.0 Å². The van der Waals surface area contributed by atoms with Gasteiger partial charge in [0.15, 0.2) is 4.90 Å². The van der Waals surface area contributed by atoms with E-state index in [1.165, 1.54) is 24.3 Å². The summed E-state index contributed by atoms with van der Waals surface area (Å²) in [5.74, 6) is 0.190. The molecule has 1 heterocycles. The van der Waals surface area contributed by atoms with Gasteiger partial charge in [-0.05, 0) is 29.4 Å². The largest absolute Gasteiger partial charge is 0.611 e. The smallest absolute Gasteiger partial charge is 0.295 e. The van der Waals surface area contributed by atoms with Crippen molar-refractivity contribution in [1.82, 2.24) is 0 Å². The molecule has 1 unspecified atom stereocenters. The van der Waals surface area contributed by atoms with Crippen LogP contribution in [0.5, 0.6) is 0 Å². The van der Waals surface area contributed by atoms with Crippen LogP contribution in [-0.4, -0.2) is 13.0 Å². The van der Waals surface area contributed by atoms with Crippen molar-refractivity contribution in [2.24, 2.45) is 0 Å². The average Bonchev–Trinajstić information content (AvgIpc) is 3.20. The lowest BCUT2D eigenvalue weighted by atomic mass is 10.2. The summed E-state index contributed by atoms with van der Waals surface area (Å²) in [4.78, 5) is 0.234. The maximum Gasteiger partial charge on any atom is 0.295 e. The molecule has 0 spiro atoms. The number of anilines is 1. The second-order valence-corrected chi connectivity index (χ2v) is 9.54. The number of furan rings is 1. The summed E-state index contributed by atoms with van der Waals surface area (Å²) in [6.45, 7) is 0. The Hall–Kier alpha value is -3.25. The van der Waals surface area contributed by atoms with E-state index in [0.717, 1.165) is 5.56 Å². The van der Waals surface area contributed by atoms with Crippen molar-refractivity contribution < 1.29 is 17.4 Å². The molecule has 0 saturated carbocycles. The molecule has 6 nitrogen and oxygen atoms in total. The van der Waals surface area contributed by atoms with Gasteiger partial charge in [0.1, 0.15) is 17.0 Å². The second-order valence-electron chi connectivity index (χ2n) is 6.51. The molecule has 0 bridgehead atoms. The van der Waals surface area contributed by atoms with Gasteiger partial charge >= 0.3 is 0 Å². The van der Waals surface area contributed by atoms with E-state index in [1.807, 2.05) is 36.4 Å².